The van der Waals surface area contributed by atoms with Crippen LogP contribution in [0.2, 0.25) is 0 Å². The van der Waals surface area contributed by atoms with Crippen molar-refractivity contribution in [2.75, 3.05) is 52.2 Å². The molecule has 0 aliphatic rings. The molecule has 0 fully saturated rings. The second-order valence-corrected chi connectivity index (χ2v) is 9.95. The van der Waals surface area contributed by atoms with Gasteiger partial charge >= 0.3 is 0 Å². The van der Waals surface area contributed by atoms with Crippen LogP contribution in [0.15, 0.2) is 59.0 Å². The van der Waals surface area contributed by atoms with Crippen LogP contribution in [-0.2, 0) is 4.57 Å². The molecule has 4 rings (SSSR count). The lowest BCUT2D eigenvalue weighted by Gasteiger charge is -2.15. The van der Waals surface area contributed by atoms with Gasteiger partial charge in [0.25, 0.3) is 0 Å². The minimum atomic E-state index is -3.09. The van der Waals surface area contributed by atoms with Crippen LogP contribution in [0.1, 0.15) is 0 Å². The Labute approximate surface area is 216 Å². The molecule has 3 aromatic carbocycles. The van der Waals surface area contributed by atoms with Crippen LogP contribution in [0.5, 0.6) is 17.2 Å². The summed E-state index contributed by atoms with van der Waals surface area (Å²) in [6, 6.07) is 16.3. The van der Waals surface area contributed by atoms with Crippen LogP contribution < -0.4 is 24.6 Å². The number of aromatic hydroxyl groups is 1. The number of phenolic OH excluding ortho intramolecular Hbond substituents is 1. The fourth-order valence-electron chi connectivity index (χ4n) is 3.94. The highest BCUT2D eigenvalue weighted by molar-refractivity contribution is 7.47. The topological polar surface area (TPSA) is 109 Å². The van der Waals surface area contributed by atoms with E-state index in [1.54, 1.807) is 24.3 Å². The van der Waals surface area contributed by atoms with E-state index in [1.807, 2.05) is 68.3 Å². The second kappa shape index (κ2) is 10.6. The summed E-state index contributed by atoms with van der Waals surface area (Å²) in [7, 11) is 7.43. The molecule has 0 saturated heterocycles. The van der Waals surface area contributed by atoms with Crippen molar-refractivity contribution in [2.45, 2.75) is 0 Å². The van der Waals surface area contributed by atoms with Crippen molar-refractivity contribution in [1.82, 2.24) is 4.98 Å². The Morgan fingerprint density at radius 3 is 1.92 bits per heavy atom. The predicted molar refractivity (Wildman–Crippen MR) is 147 cm³/mol. The van der Waals surface area contributed by atoms with Gasteiger partial charge < -0.3 is 33.7 Å². The lowest BCUT2D eigenvalue weighted by atomic mass is 10.0. The van der Waals surface area contributed by atoms with Crippen LogP contribution in [0, 0.1) is 0 Å². The molecule has 0 aliphatic carbocycles. The third-order valence-electron chi connectivity index (χ3n) is 6.01. The van der Waals surface area contributed by atoms with E-state index in [0.717, 1.165) is 16.9 Å². The lowest BCUT2D eigenvalue weighted by molar-refractivity contribution is 0.340. The van der Waals surface area contributed by atoms with Crippen LogP contribution in [-0.4, -0.2) is 57.4 Å². The normalized spacial score (nSPS) is 11.8. The van der Waals surface area contributed by atoms with Gasteiger partial charge in [-0.15, -0.1) is 0 Å². The first-order chi connectivity index (χ1) is 17.6. The number of aromatic nitrogens is 1. The van der Waals surface area contributed by atoms with Crippen LogP contribution in [0.3, 0.4) is 0 Å². The van der Waals surface area contributed by atoms with Gasteiger partial charge in [0.15, 0.2) is 17.3 Å². The standard InChI is InChI=1S/C27H30N3O6P/c1-29(2)18-9-7-16(8-10-18)24-26(20-12-11-19(30(3)4)15-23(20)37(32)33)36-27(28-24)17-13-21(34-5)25(31)22(14-17)35-6/h7-15,31,37H,1-6H3,(H,32,33). The summed E-state index contributed by atoms with van der Waals surface area (Å²) in [5.41, 5.74) is 4.06. The van der Waals surface area contributed by atoms with Crippen LogP contribution >= 0.6 is 8.03 Å². The Bertz CT molecular complexity index is 1420. The van der Waals surface area contributed by atoms with Gasteiger partial charge in [-0.2, -0.15) is 0 Å². The smallest absolute Gasteiger partial charge is 0.227 e. The van der Waals surface area contributed by atoms with Crippen molar-refractivity contribution < 1.29 is 28.5 Å². The SMILES string of the molecule is COc1cc(-c2nc(-c3ccc(N(C)C)cc3)c(-c3ccc(N(C)C)cc3[PH](=O)O)o2)cc(OC)c1O. The fraction of sp³-hybridized carbons (Fsp3) is 0.222. The summed E-state index contributed by atoms with van der Waals surface area (Å²) < 4.78 is 29.3. The molecule has 1 atom stereocenters. The van der Waals surface area contributed by atoms with Gasteiger partial charge in [-0.1, -0.05) is 12.1 Å². The number of anilines is 2. The molecule has 0 bridgehead atoms. The van der Waals surface area contributed by atoms with Crippen molar-refractivity contribution in [3.63, 3.8) is 0 Å². The van der Waals surface area contributed by atoms with E-state index in [-0.39, 0.29) is 28.4 Å². The highest BCUT2D eigenvalue weighted by atomic mass is 31.1. The monoisotopic (exact) mass is 523 g/mol. The molecule has 0 saturated carbocycles. The molecular weight excluding hydrogens is 493 g/mol. The highest BCUT2D eigenvalue weighted by Gasteiger charge is 2.24. The lowest BCUT2D eigenvalue weighted by Crippen LogP contribution is -2.12. The number of methoxy groups -OCH3 is 2. The Hall–Kier alpha value is -3.94. The third-order valence-corrected chi connectivity index (χ3v) is 6.88. The summed E-state index contributed by atoms with van der Waals surface area (Å²) in [6.45, 7) is 0. The molecule has 2 N–H and O–H groups in total. The first-order valence-electron chi connectivity index (χ1n) is 11.4. The molecular formula is C27H30N3O6P. The molecule has 1 aromatic heterocycles. The number of hydrogen-bond donors (Lipinski definition) is 2. The minimum absolute atomic E-state index is 0.138. The van der Waals surface area contributed by atoms with E-state index in [9.17, 15) is 14.6 Å². The molecule has 9 nitrogen and oxygen atoms in total. The summed E-state index contributed by atoms with van der Waals surface area (Å²) in [4.78, 5) is 18.9. The first-order valence-corrected chi connectivity index (χ1v) is 12.8. The number of nitrogens with zero attached hydrogens (tertiary/aromatic N) is 3. The van der Waals surface area contributed by atoms with E-state index in [0.29, 0.717) is 22.6 Å². The zero-order valence-electron chi connectivity index (χ0n) is 21.6. The summed E-state index contributed by atoms with van der Waals surface area (Å²) in [5.74, 6) is 0.843. The van der Waals surface area contributed by atoms with Gasteiger partial charge in [0.1, 0.15) is 5.69 Å². The average molecular weight is 524 g/mol. The number of ether oxygens (including phenoxy) is 2. The molecule has 0 aliphatic heterocycles. The zero-order valence-corrected chi connectivity index (χ0v) is 22.6. The van der Waals surface area contributed by atoms with Gasteiger partial charge in [-0.25, -0.2) is 4.98 Å². The molecule has 1 heterocycles. The molecule has 37 heavy (non-hydrogen) atoms. The molecule has 0 amide bonds. The Morgan fingerprint density at radius 1 is 0.838 bits per heavy atom. The maximum absolute atomic E-state index is 12.5. The summed E-state index contributed by atoms with van der Waals surface area (Å²) in [6.07, 6.45) is 0. The quantitative estimate of drug-likeness (QED) is 0.320. The van der Waals surface area contributed by atoms with Crippen LogP contribution in [0.25, 0.3) is 34.0 Å². The van der Waals surface area contributed by atoms with E-state index in [1.165, 1.54) is 14.2 Å². The van der Waals surface area contributed by atoms with Crippen molar-refractivity contribution in [2.24, 2.45) is 0 Å². The Morgan fingerprint density at radius 2 is 1.41 bits per heavy atom. The molecule has 194 valence electrons. The van der Waals surface area contributed by atoms with Crippen LogP contribution in [0.4, 0.5) is 11.4 Å². The van der Waals surface area contributed by atoms with Crippen molar-refractivity contribution >= 4 is 24.7 Å². The number of oxazole rings is 1. The van der Waals surface area contributed by atoms with Gasteiger partial charge in [-0.05, 0) is 42.5 Å². The molecule has 1 unspecified atom stereocenters. The fourth-order valence-corrected chi connectivity index (χ4v) is 4.64. The predicted octanol–water partition coefficient (Wildman–Crippen LogP) is 4.62. The van der Waals surface area contributed by atoms with E-state index >= 15 is 0 Å². The number of hydrogen-bond acceptors (Lipinski definition) is 8. The minimum Gasteiger partial charge on any atom is -0.502 e. The number of phenols is 1. The molecule has 4 aromatic rings. The molecule has 10 heteroatoms. The number of benzene rings is 3. The van der Waals surface area contributed by atoms with Gasteiger partial charge in [0.05, 0.1) is 14.2 Å². The summed E-state index contributed by atoms with van der Waals surface area (Å²) >= 11 is 0. The maximum Gasteiger partial charge on any atom is 0.227 e. The van der Waals surface area contributed by atoms with Gasteiger partial charge in [0, 0.05) is 61.6 Å². The summed E-state index contributed by atoms with van der Waals surface area (Å²) in [5, 5.41) is 10.6. The zero-order chi connectivity index (χ0) is 26.9. The van der Waals surface area contributed by atoms with E-state index < -0.39 is 8.03 Å². The largest absolute Gasteiger partial charge is 0.502 e. The third kappa shape index (κ3) is 5.14. The maximum atomic E-state index is 12.5. The average Bonchev–Trinajstić information content (AvgIpc) is 3.33. The van der Waals surface area contributed by atoms with Crippen molar-refractivity contribution in [1.29, 1.82) is 0 Å². The second-order valence-electron chi connectivity index (χ2n) is 8.80. The molecule has 0 spiro atoms. The first kappa shape index (κ1) is 26.1. The van der Waals surface area contributed by atoms with E-state index in [2.05, 4.69) is 0 Å². The Kier molecular flexibility index (Phi) is 7.47. The molecule has 0 radical (unpaired) electrons. The number of rotatable bonds is 8. The van der Waals surface area contributed by atoms with Crippen molar-refractivity contribution in [3.8, 4) is 51.3 Å². The van der Waals surface area contributed by atoms with Gasteiger partial charge in [-0.3, -0.25) is 4.57 Å². The van der Waals surface area contributed by atoms with Gasteiger partial charge in [0.2, 0.25) is 19.7 Å². The van der Waals surface area contributed by atoms with E-state index in [4.69, 9.17) is 18.9 Å². The highest BCUT2D eigenvalue weighted by Crippen LogP contribution is 2.43. The van der Waals surface area contributed by atoms with Crippen molar-refractivity contribution in [3.05, 3.63) is 54.6 Å². The Balaban J connectivity index is 1.98.